The molecule has 3 heteroatoms. The average Bonchev–Trinajstić information content (AvgIpc) is 2.57. The average molecular weight is 185 g/mol. The normalized spacial score (nSPS) is 40.8. The van der Waals surface area contributed by atoms with Crippen molar-refractivity contribution in [3.63, 3.8) is 0 Å². The standard InChI is InChI=1S/C10H19NO2/c12-10(3-1-4-11-8-10)6-9-2-5-13-7-9/h9,11-12H,1-8H2. The van der Waals surface area contributed by atoms with Crippen molar-refractivity contribution in [2.45, 2.75) is 31.3 Å². The van der Waals surface area contributed by atoms with Crippen molar-refractivity contribution in [2.75, 3.05) is 26.3 Å². The Kier molecular flexibility index (Phi) is 2.86. The number of β-amino-alcohol motifs (C(OH)–C–C–N with tert-alkyl or cyclic N) is 1. The van der Waals surface area contributed by atoms with Crippen molar-refractivity contribution in [3.8, 4) is 0 Å². The van der Waals surface area contributed by atoms with Crippen LogP contribution in [0.15, 0.2) is 0 Å². The van der Waals surface area contributed by atoms with Crippen LogP contribution in [-0.2, 0) is 4.74 Å². The van der Waals surface area contributed by atoms with Gasteiger partial charge in [-0.3, -0.25) is 0 Å². The Morgan fingerprint density at radius 1 is 1.54 bits per heavy atom. The molecule has 2 aliphatic heterocycles. The van der Waals surface area contributed by atoms with E-state index >= 15 is 0 Å². The highest BCUT2D eigenvalue weighted by Gasteiger charge is 2.33. The summed E-state index contributed by atoms with van der Waals surface area (Å²) >= 11 is 0. The number of hydrogen-bond donors (Lipinski definition) is 2. The van der Waals surface area contributed by atoms with Crippen molar-refractivity contribution in [3.05, 3.63) is 0 Å². The molecule has 0 aromatic heterocycles. The monoisotopic (exact) mass is 185 g/mol. The van der Waals surface area contributed by atoms with E-state index in [1.165, 1.54) is 0 Å². The van der Waals surface area contributed by atoms with Crippen LogP contribution in [0.5, 0.6) is 0 Å². The molecule has 0 aromatic rings. The molecule has 0 radical (unpaired) electrons. The van der Waals surface area contributed by atoms with Gasteiger partial charge in [-0.25, -0.2) is 0 Å². The zero-order valence-electron chi connectivity index (χ0n) is 8.09. The molecule has 3 nitrogen and oxygen atoms in total. The third kappa shape index (κ3) is 2.42. The van der Waals surface area contributed by atoms with Crippen LogP contribution in [0.1, 0.15) is 25.7 Å². The maximum Gasteiger partial charge on any atom is 0.0775 e. The molecule has 2 N–H and O–H groups in total. The Bertz CT molecular complexity index is 160. The van der Waals surface area contributed by atoms with Crippen LogP contribution < -0.4 is 5.32 Å². The quantitative estimate of drug-likeness (QED) is 0.659. The molecule has 0 aromatic carbocycles. The van der Waals surface area contributed by atoms with E-state index in [-0.39, 0.29) is 0 Å². The summed E-state index contributed by atoms with van der Waals surface area (Å²) in [5.74, 6) is 0.588. The third-order valence-electron chi connectivity index (χ3n) is 3.14. The minimum atomic E-state index is -0.448. The topological polar surface area (TPSA) is 41.5 Å². The van der Waals surface area contributed by atoms with Crippen LogP contribution in [0.2, 0.25) is 0 Å². The van der Waals surface area contributed by atoms with E-state index in [0.29, 0.717) is 5.92 Å². The summed E-state index contributed by atoms with van der Waals surface area (Å²) < 4.78 is 5.31. The van der Waals surface area contributed by atoms with Crippen LogP contribution in [0.4, 0.5) is 0 Å². The van der Waals surface area contributed by atoms with Crippen LogP contribution >= 0.6 is 0 Å². The molecule has 2 saturated heterocycles. The summed E-state index contributed by atoms with van der Waals surface area (Å²) in [7, 11) is 0. The lowest BCUT2D eigenvalue weighted by molar-refractivity contribution is -0.00691. The summed E-state index contributed by atoms with van der Waals surface area (Å²) in [4.78, 5) is 0. The molecule has 2 unspecified atom stereocenters. The first-order valence-electron chi connectivity index (χ1n) is 5.29. The molecule has 2 heterocycles. The summed E-state index contributed by atoms with van der Waals surface area (Å²) in [6.07, 6.45) is 4.10. The second-order valence-corrected chi connectivity index (χ2v) is 4.44. The molecule has 76 valence electrons. The smallest absolute Gasteiger partial charge is 0.0775 e. The molecule has 0 spiro atoms. The van der Waals surface area contributed by atoms with Gasteiger partial charge in [-0.15, -0.1) is 0 Å². The largest absolute Gasteiger partial charge is 0.389 e. The zero-order chi connectivity index (χ0) is 9.15. The lowest BCUT2D eigenvalue weighted by Gasteiger charge is -2.34. The van der Waals surface area contributed by atoms with Crippen LogP contribution in [0, 0.1) is 5.92 Å². The number of nitrogens with one attached hydrogen (secondary N) is 1. The van der Waals surface area contributed by atoms with E-state index < -0.39 is 5.60 Å². The Hall–Kier alpha value is -0.120. The number of piperidine rings is 1. The van der Waals surface area contributed by atoms with Gasteiger partial charge >= 0.3 is 0 Å². The van der Waals surface area contributed by atoms with Gasteiger partial charge in [0.1, 0.15) is 0 Å². The zero-order valence-corrected chi connectivity index (χ0v) is 8.09. The minimum absolute atomic E-state index is 0.448. The second-order valence-electron chi connectivity index (χ2n) is 4.44. The van der Waals surface area contributed by atoms with Crippen molar-refractivity contribution in [1.82, 2.24) is 5.32 Å². The molecule has 2 rings (SSSR count). The van der Waals surface area contributed by atoms with E-state index in [1.807, 2.05) is 0 Å². The molecule has 2 fully saturated rings. The van der Waals surface area contributed by atoms with E-state index in [0.717, 1.165) is 52.0 Å². The van der Waals surface area contributed by atoms with E-state index in [4.69, 9.17) is 4.74 Å². The van der Waals surface area contributed by atoms with Gasteiger partial charge in [0.05, 0.1) is 5.60 Å². The fraction of sp³-hybridized carbons (Fsp3) is 1.00. The van der Waals surface area contributed by atoms with Crippen molar-refractivity contribution < 1.29 is 9.84 Å². The van der Waals surface area contributed by atoms with Gasteiger partial charge in [0.25, 0.3) is 0 Å². The first kappa shape index (κ1) is 9.44. The molecular formula is C10H19NO2. The molecule has 0 saturated carbocycles. The highest BCUT2D eigenvalue weighted by molar-refractivity contribution is 4.88. The molecule has 0 aliphatic carbocycles. The first-order chi connectivity index (χ1) is 6.29. The Morgan fingerprint density at radius 3 is 3.08 bits per heavy atom. The van der Waals surface area contributed by atoms with E-state index in [2.05, 4.69) is 5.32 Å². The third-order valence-corrected chi connectivity index (χ3v) is 3.14. The highest BCUT2D eigenvalue weighted by Crippen LogP contribution is 2.28. The summed E-state index contributed by atoms with van der Waals surface area (Å²) in [6.45, 7) is 3.56. The van der Waals surface area contributed by atoms with Gasteiger partial charge < -0.3 is 15.2 Å². The van der Waals surface area contributed by atoms with Gasteiger partial charge in [0.2, 0.25) is 0 Å². The fourth-order valence-electron chi connectivity index (χ4n) is 2.41. The molecule has 0 amide bonds. The maximum atomic E-state index is 10.2. The van der Waals surface area contributed by atoms with Gasteiger partial charge in [-0.2, -0.15) is 0 Å². The van der Waals surface area contributed by atoms with Gasteiger partial charge in [-0.1, -0.05) is 0 Å². The van der Waals surface area contributed by atoms with Crippen molar-refractivity contribution in [2.24, 2.45) is 5.92 Å². The molecule has 0 bridgehead atoms. The number of hydrogen-bond acceptors (Lipinski definition) is 3. The Balaban J connectivity index is 1.83. The van der Waals surface area contributed by atoms with Crippen LogP contribution in [0.3, 0.4) is 0 Å². The lowest BCUT2D eigenvalue weighted by Crippen LogP contribution is -2.46. The highest BCUT2D eigenvalue weighted by atomic mass is 16.5. The predicted octanol–water partition coefficient (Wildman–Crippen LogP) is 0.527. The van der Waals surface area contributed by atoms with E-state index in [9.17, 15) is 5.11 Å². The van der Waals surface area contributed by atoms with Crippen LogP contribution in [0.25, 0.3) is 0 Å². The maximum absolute atomic E-state index is 10.2. The van der Waals surface area contributed by atoms with Crippen LogP contribution in [-0.4, -0.2) is 37.0 Å². The van der Waals surface area contributed by atoms with Crippen molar-refractivity contribution in [1.29, 1.82) is 0 Å². The predicted molar refractivity (Wildman–Crippen MR) is 50.6 cm³/mol. The lowest BCUT2D eigenvalue weighted by atomic mass is 9.84. The first-order valence-corrected chi connectivity index (χ1v) is 5.29. The second kappa shape index (κ2) is 3.95. The van der Waals surface area contributed by atoms with Crippen molar-refractivity contribution >= 4 is 0 Å². The molecular weight excluding hydrogens is 166 g/mol. The van der Waals surface area contributed by atoms with Gasteiger partial charge in [0, 0.05) is 19.8 Å². The minimum Gasteiger partial charge on any atom is -0.389 e. The summed E-state index contributed by atoms with van der Waals surface area (Å²) in [6, 6.07) is 0. The fourth-order valence-corrected chi connectivity index (χ4v) is 2.41. The number of rotatable bonds is 2. The van der Waals surface area contributed by atoms with E-state index in [1.54, 1.807) is 0 Å². The van der Waals surface area contributed by atoms with Gasteiger partial charge in [0.15, 0.2) is 0 Å². The number of aliphatic hydroxyl groups is 1. The molecule has 13 heavy (non-hydrogen) atoms. The van der Waals surface area contributed by atoms with Gasteiger partial charge in [-0.05, 0) is 38.1 Å². The number of ether oxygens (including phenoxy) is 1. The summed E-state index contributed by atoms with van der Waals surface area (Å²) in [5.41, 5.74) is -0.448. The Labute approximate surface area is 79.5 Å². The summed E-state index contributed by atoms with van der Waals surface area (Å²) in [5, 5.41) is 13.5. The molecule has 2 aliphatic rings. The SMILES string of the molecule is OC1(CC2CCOC2)CCCNC1. The molecule has 2 atom stereocenters. The Morgan fingerprint density at radius 2 is 2.46 bits per heavy atom.